The van der Waals surface area contributed by atoms with Crippen molar-refractivity contribution in [2.24, 2.45) is 0 Å². The van der Waals surface area contributed by atoms with Crippen LogP contribution in [0.5, 0.6) is 17.2 Å². The highest BCUT2D eigenvalue weighted by Gasteiger charge is 2.35. The number of esters is 1. The van der Waals surface area contributed by atoms with Crippen molar-refractivity contribution < 1.29 is 33.3 Å². The van der Waals surface area contributed by atoms with Crippen LogP contribution in [0.25, 0.3) is 6.08 Å². The van der Waals surface area contributed by atoms with E-state index < -0.39 is 11.9 Å². The lowest BCUT2D eigenvalue weighted by Gasteiger charge is -2.14. The molecule has 34 heavy (non-hydrogen) atoms. The van der Waals surface area contributed by atoms with Gasteiger partial charge in [-0.2, -0.15) is 0 Å². The molecule has 180 valence electrons. The molecule has 2 aromatic carbocycles. The van der Waals surface area contributed by atoms with Crippen molar-refractivity contribution in [1.29, 1.82) is 0 Å². The van der Waals surface area contributed by atoms with Gasteiger partial charge in [0.05, 0.1) is 33.8 Å². The third-order valence-electron chi connectivity index (χ3n) is 4.47. The maximum absolute atomic E-state index is 12.8. The Kier molecular flexibility index (Phi) is 9.48. The molecule has 2 aromatic rings. The van der Waals surface area contributed by atoms with E-state index in [1.54, 1.807) is 42.5 Å². The molecule has 1 saturated heterocycles. The first-order chi connectivity index (χ1) is 16.3. The Balaban J connectivity index is 1.73. The predicted octanol–water partition coefficient (Wildman–Crippen LogP) is 5.01. The SMILES string of the molecule is CCOc1cc(/C=C2\SC(=O)N(CCOc3ccccc3Cl)C2=O)cc(I)c1OCC(=O)OC. The molecule has 1 aliphatic rings. The number of ether oxygens (including phenoxy) is 4. The van der Waals surface area contributed by atoms with Crippen molar-refractivity contribution in [3.8, 4) is 17.2 Å². The van der Waals surface area contributed by atoms with E-state index in [4.69, 9.17) is 25.8 Å². The summed E-state index contributed by atoms with van der Waals surface area (Å²) in [5.74, 6) is 0.372. The topological polar surface area (TPSA) is 91.4 Å². The van der Waals surface area contributed by atoms with Crippen LogP contribution in [0.3, 0.4) is 0 Å². The molecule has 1 aliphatic heterocycles. The number of methoxy groups -OCH3 is 1. The van der Waals surface area contributed by atoms with E-state index >= 15 is 0 Å². The van der Waals surface area contributed by atoms with Crippen molar-refractivity contribution in [3.63, 3.8) is 0 Å². The van der Waals surface area contributed by atoms with Gasteiger partial charge in [-0.3, -0.25) is 14.5 Å². The third kappa shape index (κ3) is 6.57. The number of halogens is 2. The normalized spacial score (nSPS) is 14.5. The van der Waals surface area contributed by atoms with Gasteiger partial charge in [0.25, 0.3) is 11.1 Å². The first-order valence-corrected chi connectivity index (χ1v) is 12.4. The van der Waals surface area contributed by atoms with Gasteiger partial charge in [-0.15, -0.1) is 0 Å². The van der Waals surface area contributed by atoms with Crippen LogP contribution in [-0.4, -0.2) is 55.5 Å². The molecule has 8 nitrogen and oxygen atoms in total. The number of hydrogen-bond acceptors (Lipinski definition) is 8. The Labute approximate surface area is 219 Å². The zero-order chi connectivity index (χ0) is 24.7. The molecule has 0 aliphatic carbocycles. The molecule has 0 spiro atoms. The molecule has 3 rings (SSSR count). The van der Waals surface area contributed by atoms with E-state index in [1.165, 1.54) is 7.11 Å². The zero-order valence-electron chi connectivity index (χ0n) is 18.3. The first kappa shape index (κ1) is 26.2. The van der Waals surface area contributed by atoms with Gasteiger partial charge in [-0.25, -0.2) is 4.79 Å². The second kappa shape index (κ2) is 12.3. The molecule has 0 bridgehead atoms. The summed E-state index contributed by atoms with van der Waals surface area (Å²) in [5, 5.41) is 0.0759. The summed E-state index contributed by atoms with van der Waals surface area (Å²) in [4.78, 5) is 38.1. The summed E-state index contributed by atoms with van der Waals surface area (Å²) in [6.07, 6.45) is 1.62. The van der Waals surface area contributed by atoms with E-state index in [1.807, 2.05) is 6.92 Å². The largest absolute Gasteiger partial charge is 0.490 e. The number of para-hydroxylation sites is 1. The zero-order valence-corrected chi connectivity index (χ0v) is 22.1. The summed E-state index contributed by atoms with van der Waals surface area (Å²) in [6.45, 7) is 2.14. The quantitative estimate of drug-likeness (QED) is 0.209. The smallest absolute Gasteiger partial charge is 0.343 e. The molecule has 11 heteroatoms. The third-order valence-corrected chi connectivity index (χ3v) is 6.50. The van der Waals surface area contributed by atoms with E-state index in [2.05, 4.69) is 27.3 Å². The van der Waals surface area contributed by atoms with Gasteiger partial charge >= 0.3 is 5.97 Å². The predicted molar refractivity (Wildman–Crippen MR) is 137 cm³/mol. The molecule has 1 fully saturated rings. The Morgan fingerprint density at radius 2 is 1.91 bits per heavy atom. The van der Waals surface area contributed by atoms with Crippen LogP contribution in [0.4, 0.5) is 4.79 Å². The summed E-state index contributed by atoms with van der Waals surface area (Å²) < 4.78 is 22.1. The molecule has 0 atom stereocenters. The molecule has 1 heterocycles. The molecule has 0 radical (unpaired) electrons. The van der Waals surface area contributed by atoms with Crippen molar-refractivity contribution in [1.82, 2.24) is 4.90 Å². The fourth-order valence-corrected chi connectivity index (χ4v) is 4.75. The molecule has 0 unspecified atom stereocenters. The van der Waals surface area contributed by atoms with Crippen LogP contribution in [0.1, 0.15) is 12.5 Å². The fraction of sp³-hybridized carbons (Fsp3) is 0.261. The highest BCUT2D eigenvalue weighted by atomic mass is 127. The van der Waals surface area contributed by atoms with Crippen molar-refractivity contribution in [2.45, 2.75) is 6.92 Å². The van der Waals surface area contributed by atoms with Gasteiger partial charge in [0.15, 0.2) is 18.1 Å². The van der Waals surface area contributed by atoms with Gasteiger partial charge in [0.1, 0.15) is 12.4 Å². The lowest BCUT2D eigenvalue weighted by Crippen LogP contribution is -2.32. The van der Waals surface area contributed by atoms with Gasteiger partial charge < -0.3 is 18.9 Å². The number of hydrogen-bond donors (Lipinski definition) is 0. The number of thioether (sulfide) groups is 1. The van der Waals surface area contributed by atoms with Gasteiger partial charge in [0.2, 0.25) is 0 Å². The number of amides is 2. The van der Waals surface area contributed by atoms with Crippen LogP contribution in [0.2, 0.25) is 5.02 Å². The number of carbonyl (C=O) groups excluding carboxylic acids is 3. The summed E-state index contributed by atoms with van der Waals surface area (Å²) in [5.41, 5.74) is 0.649. The van der Waals surface area contributed by atoms with E-state index in [-0.39, 0.29) is 29.9 Å². The molecule has 0 aromatic heterocycles. The number of imide groups is 1. The van der Waals surface area contributed by atoms with E-state index in [9.17, 15) is 14.4 Å². The monoisotopic (exact) mass is 617 g/mol. The van der Waals surface area contributed by atoms with Crippen LogP contribution in [0.15, 0.2) is 41.3 Å². The first-order valence-electron chi connectivity index (χ1n) is 10.1. The lowest BCUT2D eigenvalue weighted by atomic mass is 10.2. The standard InChI is InChI=1S/C23H21ClINO7S/c1-3-31-18-11-14(10-16(25)21(18)33-13-20(27)30-2)12-19-22(28)26(23(29)34-19)8-9-32-17-7-5-4-6-15(17)24/h4-7,10-12H,3,8-9,13H2,1-2H3/b19-12-. The Hall–Kier alpha value is -2.44. The van der Waals surface area contributed by atoms with E-state index in [0.29, 0.717) is 38.0 Å². The highest BCUT2D eigenvalue weighted by Crippen LogP contribution is 2.37. The van der Waals surface area contributed by atoms with Crippen molar-refractivity contribution >= 4 is 69.1 Å². The Morgan fingerprint density at radius 1 is 1.15 bits per heavy atom. The van der Waals surface area contributed by atoms with Gasteiger partial charge in [0, 0.05) is 0 Å². The molecule has 2 amide bonds. The maximum atomic E-state index is 12.8. The van der Waals surface area contributed by atoms with Crippen LogP contribution >= 0.6 is 46.0 Å². The number of benzene rings is 2. The maximum Gasteiger partial charge on any atom is 0.343 e. The average molecular weight is 618 g/mol. The Bertz CT molecular complexity index is 1120. The molecule has 0 N–H and O–H groups in total. The minimum absolute atomic E-state index is 0.0925. The fourth-order valence-electron chi connectivity index (χ4n) is 2.92. The highest BCUT2D eigenvalue weighted by molar-refractivity contribution is 14.1. The van der Waals surface area contributed by atoms with Crippen molar-refractivity contribution in [3.05, 3.63) is 55.5 Å². The lowest BCUT2D eigenvalue weighted by molar-refractivity contribution is -0.143. The minimum atomic E-state index is -0.519. The second-order valence-electron chi connectivity index (χ2n) is 6.74. The minimum Gasteiger partial charge on any atom is -0.490 e. The number of rotatable bonds is 10. The summed E-state index contributed by atoms with van der Waals surface area (Å²) in [7, 11) is 1.28. The number of nitrogens with zero attached hydrogens (tertiary/aromatic N) is 1. The van der Waals surface area contributed by atoms with Gasteiger partial charge in [-0.05, 0) is 77.2 Å². The van der Waals surface area contributed by atoms with Crippen LogP contribution < -0.4 is 14.2 Å². The van der Waals surface area contributed by atoms with Crippen LogP contribution in [0, 0.1) is 3.57 Å². The number of carbonyl (C=O) groups is 3. The van der Waals surface area contributed by atoms with Gasteiger partial charge in [-0.1, -0.05) is 23.7 Å². The summed E-state index contributed by atoms with van der Waals surface area (Å²) >= 11 is 8.97. The molecular formula is C23H21ClINO7S. The van der Waals surface area contributed by atoms with Crippen LogP contribution in [-0.2, 0) is 14.3 Å². The summed E-state index contributed by atoms with van der Waals surface area (Å²) in [6, 6.07) is 10.4. The van der Waals surface area contributed by atoms with E-state index in [0.717, 1.165) is 16.7 Å². The molecular weight excluding hydrogens is 597 g/mol. The van der Waals surface area contributed by atoms with Crippen molar-refractivity contribution in [2.75, 3.05) is 33.5 Å². The second-order valence-corrected chi connectivity index (χ2v) is 9.30. The Morgan fingerprint density at radius 3 is 2.62 bits per heavy atom. The average Bonchev–Trinajstić information content (AvgIpc) is 3.07. The molecule has 0 saturated carbocycles.